The monoisotopic (exact) mass is 235 g/mol. The van der Waals surface area contributed by atoms with Crippen LogP contribution >= 0.6 is 0 Å². The predicted octanol–water partition coefficient (Wildman–Crippen LogP) is 2.72. The normalized spacial score (nSPS) is 11.2. The van der Waals surface area contributed by atoms with Crippen LogP contribution in [0.2, 0.25) is 0 Å². The summed E-state index contributed by atoms with van der Waals surface area (Å²) in [6.07, 6.45) is 1.13. The number of hydrogen-bond acceptors (Lipinski definition) is 3. The van der Waals surface area contributed by atoms with Crippen LogP contribution in [0.4, 0.5) is 11.4 Å². The average Bonchev–Trinajstić information content (AvgIpc) is 2.28. The summed E-state index contributed by atoms with van der Waals surface area (Å²) < 4.78 is 0. The second-order valence-corrected chi connectivity index (χ2v) is 4.95. The second kappa shape index (κ2) is 6.50. The van der Waals surface area contributed by atoms with Crippen molar-refractivity contribution in [1.82, 2.24) is 4.90 Å². The van der Waals surface area contributed by atoms with Crippen molar-refractivity contribution < 1.29 is 0 Å². The number of aryl methyl sites for hydroxylation is 1. The first kappa shape index (κ1) is 13.8. The molecule has 17 heavy (non-hydrogen) atoms. The molecule has 0 amide bonds. The fourth-order valence-corrected chi connectivity index (χ4v) is 1.63. The SMILES string of the molecule is Cc1ccc(N)c(NCCCN(C)C(C)C)c1. The summed E-state index contributed by atoms with van der Waals surface area (Å²) >= 11 is 0. The van der Waals surface area contributed by atoms with Crippen LogP contribution in [0.15, 0.2) is 18.2 Å². The zero-order valence-electron chi connectivity index (χ0n) is 11.5. The minimum Gasteiger partial charge on any atom is -0.397 e. The van der Waals surface area contributed by atoms with Gasteiger partial charge in [0.1, 0.15) is 0 Å². The van der Waals surface area contributed by atoms with Crippen molar-refractivity contribution in [2.75, 3.05) is 31.2 Å². The molecule has 0 heterocycles. The maximum absolute atomic E-state index is 5.91. The van der Waals surface area contributed by atoms with Gasteiger partial charge in [-0.3, -0.25) is 0 Å². The van der Waals surface area contributed by atoms with Crippen molar-refractivity contribution >= 4 is 11.4 Å². The van der Waals surface area contributed by atoms with Gasteiger partial charge in [0.15, 0.2) is 0 Å². The molecule has 3 nitrogen and oxygen atoms in total. The van der Waals surface area contributed by atoms with E-state index in [2.05, 4.69) is 44.1 Å². The highest BCUT2D eigenvalue weighted by Crippen LogP contribution is 2.19. The van der Waals surface area contributed by atoms with Crippen LogP contribution in [-0.4, -0.2) is 31.1 Å². The Kier molecular flexibility index (Phi) is 5.29. The van der Waals surface area contributed by atoms with E-state index >= 15 is 0 Å². The summed E-state index contributed by atoms with van der Waals surface area (Å²) in [5.74, 6) is 0. The van der Waals surface area contributed by atoms with Crippen molar-refractivity contribution in [3.63, 3.8) is 0 Å². The molecule has 0 aliphatic carbocycles. The summed E-state index contributed by atoms with van der Waals surface area (Å²) in [6.45, 7) is 8.58. The van der Waals surface area contributed by atoms with Gasteiger partial charge in [-0.2, -0.15) is 0 Å². The summed E-state index contributed by atoms with van der Waals surface area (Å²) in [4.78, 5) is 2.35. The lowest BCUT2D eigenvalue weighted by molar-refractivity contribution is 0.273. The Labute approximate surface area is 105 Å². The van der Waals surface area contributed by atoms with Crippen molar-refractivity contribution in [2.24, 2.45) is 0 Å². The minimum atomic E-state index is 0.610. The average molecular weight is 235 g/mol. The van der Waals surface area contributed by atoms with Crippen LogP contribution in [0.25, 0.3) is 0 Å². The van der Waals surface area contributed by atoms with Gasteiger partial charge in [-0.1, -0.05) is 6.07 Å². The maximum Gasteiger partial charge on any atom is 0.0576 e. The van der Waals surface area contributed by atoms with Crippen LogP contribution < -0.4 is 11.1 Å². The number of nitrogens with zero attached hydrogens (tertiary/aromatic N) is 1. The van der Waals surface area contributed by atoms with Crippen LogP contribution in [0.1, 0.15) is 25.8 Å². The molecule has 0 fully saturated rings. The lowest BCUT2D eigenvalue weighted by atomic mass is 10.2. The smallest absolute Gasteiger partial charge is 0.0576 e. The van der Waals surface area contributed by atoms with E-state index in [1.807, 2.05) is 12.1 Å². The van der Waals surface area contributed by atoms with Crippen LogP contribution in [0, 0.1) is 6.92 Å². The first-order valence-electron chi connectivity index (χ1n) is 6.31. The first-order chi connectivity index (χ1) is 8.00. The van der Waals surface area contributed by atoms with Crippen molar-refractivity contribution in [3.05, 3.63) is 23.8 Å². The quantitative estimate of drug-likeness (QED) is 0.588. The van der Waals surface area contributed by atoms with Crippen molar-refractivity contribution in [2.45, 2.75) is 33.2 Å². The maximum atomic E-state index is 5.91. The van der Waals surface area contributed by atoms with E-state index in [1.165, 1.54) is 5.56 Å². The molecular weight excluding hydrogens is 210 g/mol. The number of rotatable bonds is 6. The fraction of sp³-hybridized carbons (Fsp3) is 0.571. The van der Waals surface area contributed by atoms with Gasteiger partial charge >= 0.3 is 0 Å². The van der Waals surface area contributed by atoms with E-state index in [4.69, 9.17) is 5.73 Å². The Hall–Kier alpha value is -1.22. The molecule has 0 aliphatic rings. The third-order valence-corrected chi connectivity index (χ3v) is 3.09. The number of anilines is 2. The Morgan fingerprint density at radius 2 is 2.06 bits per heavy atom. The predicted molar refractivity (Wildman–Crippen MR) is 76.5 cm³/mol. The molecule has 96 valence electrons. The Balaban J connectivity index is 2.33. The van der Waals surface area contributed by atoms with E-state index in [-0.39, 0.29) is 0 Å². The topological polar surface area (TPSA) is 41.3 Å². The van der Waals surface area contributed by atoms with Crippen molar-refractivity contribution in [1.29, 1.82) is 0 Å². The van der Waals surface area contributed by atoms with Gasteiger partial charge in [0.05, 0.1) is 11.4 Å². The molecule has 1 aromatic rings. The van der Waals surface area contributed by atoms with Gasteiger partial charge in [-0.05, 0) is 58.5 Å². The fourth-order valence-electron chi connectivity index (χ4n) is 1.63. The van der Waals surface area contributed by atoms with Gasteiger partial charge in [-0.25, -0.2) is 0 Å². The molecule has 0 bridgehead atoms. The van der Waals surface area contributed by atoms with Crippen LogP contribution in [0.5, 0.6) is 0 Å². The summed E-state index contributed by atoms with van der Waals surface area (Å²) in [6, 6.07) is 6.70. The molecule has 0 radical (unpaired) electrons. The Bertz CT molecular complexity index is 347. The van der Waals surface area contributed by atoms with Gasteiger partial charge in [0.25, 0.3) is 0 Å². The third-order valence-electron chi connectivity index (χ3n) is 3.09. The minimum absolute atomic E-state index is 0.610. The van der Waals surface area contributed by atoms with Gasteiger partial charge in [0, 0.05) is 12.6 Å². The summed E-state index contributed by atoms with van der Waals surface area (Å²) in [5.41, 5.74) is 9.02. The molecule has 0 saturated heterocycles. The number of nitrogen functional groups attached to an aromatic ring is 1. The highest BCUT2D eigenvalue weighted by Gasteiger charge is 2.02. The molecule has 0 aliphatic heterocycles. The Morgan fingerprint density at radius 1 is 1.35 bits per heavy atom. The molecule has 0 aromatic heterocycles. The molecule has 0 saturated carbocycles. The van der Waals surface area contributed by atoms with E-state index in [1.54, 1.807) is 0 Å². The lowest BCUT2D eigenvalue weighted by Crippen LogP contribution is -2.28. The molecule has 0 spiro atoms. The standard InChI is InChI=1S/C14H25N3/c1-11(2)17(4)9-5-8-16-14-10-12(3)6-7-13(14)15/h6-7,10-11,16H,5,8-9,15H2,1-4H3. The highest BCUT2D eigenvalue weighted by molar-refractivity contribution is 5.66. The second-order valence-electron chi connectivity index (χ2n) is 4.95. The number of hydrogen-bond donors (Lipinski definition) is 2. The molecule has 1 aromatic carbocycles. The van der Waals surface area contributed by atoms with Gasteiger partial charge in [-0.15, -0.1) is 0 Å². The summed E-state index contributed by atoms with van der Waals surface area (Å²) in [5, 5.41) is 3.40. The van der Waals surface area contributed by atoms with E-state index in [9.17, 15) is 0 Å². The zero-order valence-corrected chi connectivity index (χ0v) is 11.5. The third kappa shape index (κ3) is 4.65. The molecule has 1 rings (SSSR count). The number of nitrogens with two attached hydrogens (primary N) is 1. The molecule has 0 atom stereocenters. The summed E-state index contributed by atoms with van der Waals surface area (Å²) in [7, 11) is 2.16. The van der Waals surface area contributed by atoms with Gasteiger partial charge < -0.3 is 16.0 Å². The Morgan fingerprint density at radius 3 is 2.71 bits per heavy atom. The van der Waals surface area contributed by atoms with E-state index in [0.29, 0.717) is 6.04 Å². The lowest BCUT2D eigenvalue weighted by Gasteiger charge is -2.21. The molecule has 0 unspecified atom stereocenters. The molecule has 3 N–H and O–H groups in total. The largest absolute Gasteiger partial charge is 0.397 e. The first-order valence-corrected chi connectivity index (χ1v) is 6.31. The van der Waals surface area contributed by atoms with Crippen molar-refractivity contribution in [3.8, 4) is 0 Å². The number of benzene rings is 1. The zero-order chi connectivity index (χ0) is 12.8. The van der Waals surface area contributed by atoms with Crippen LogP contribution in [-0.2, 0) is 0 Å². The highest BCUT2D eigenvalue weighted by atomic mass is 15.1. The number of nitrogens with one attached hydrogen (secondary N) is 1. The molecule has 3 heteroatoms. The van der Waals surface area contributed by atoms with E-state index < -0.39 is 0 Å². The van der Waals surface area contributed by atoms with Crippen LogP contribution in [0.3, 0.4) is 0 Å². The van der Waals surface area contributed by atoms with E-state index in [0.717, 1.165) is 30.9 Å². The van der Waals surface area contributed by atoms with Gasteiger partial charge in [0.2, 0.25) is 0 Å². The molecular formula is C14H25N3.